The normalized spacial score (nSPS) is 21.0. The molecule has 0 unspecified atom stereocenters. The number of hydrogen-bond donors (Lipinski definition) is 3. The Morgan fingerprint density at radius 1 is 1.24 bits per heavy atom. The Labute approximate surface area is 150 Å². The molecule has 1 aromatic rings. The van der Waals surface area contributed by atoms with Crippen LogP contribution in [0.15, 0.2) is 18.2 Å². The van der Waals surface area contributed by atoms with E-state index in [1.54, 1.807) is 19.2 Å². The number of carbonyl (C=O) groups is 1. The van der Waals surface area contributed by atoms with Gasteiger partial charge in [-0.25, -0.2) is 4.39 Å². The lowest BCUT2D eigenvalue weighted by atomic mass is 10.0. The molecule has 0 atom stereocenters. The van der Waals surface area contributed by atoms with E-state index in [9.17, 15) is 9.18 Å². The number of methoxy groups -OCH3 is 1. The van der Waals surface area contributed by atoms with Crippen molar-refractivity contribution in [3.8, 4) is 5.75 Å². The highest BCUT2D eigenvalue weighted by molar-refractivity contribution is 5.77. The Morgan fingerprint density at radius 2 is 1.88 bits per heavy atom. The third-order valence-electron chi connectivity index (χ3n) is 5.12. The molecular weight excluding hydrogens is 321 g/mol. The van der Waals surface area contributed by atoms with Crippen molar-refractivity contribution in [2.45, 2.75) is 39.3 Å². The Kier molecular flexibility index (Phi) is 6.79. The molecule has 0 spiro atoms. The van der Waals surface area contributed by atoms with Gasteiger partial charge in [0.2, 0.25) is 0 Å². The molecule has 140 valence electrons. The molecule has 1 saturated heterocycles. The summed E-state index contributed by atoms with van der Waals surface area (Å²) < 4.78 is 18.8. The van der Waals surface area contributed by atoms with Crippen LogP contribution in [0.3, 0.4) is 0 Å². The molecule has 3 N–H and O–H groups in total. The molecule has 6 heteroatoms. The van der Waals surface area contributed by atoms with E-state index < -0.39 is 0 Å². The number of rotatable bonds is 7. The number of amides is 1. The molecule has 1 heterocycles. The average molecular weight is 353 g/mol. The van der Waals surface area contributed by atoms with Crippen LogP contribution in [0.2, 0.25) is 0 Å². The van der Waals surface area contributed by atoms with Crippen LogP contribution in [0.5, 0.6) is 5.75 Å². The van der Waals surface area contributed by atoms with E-state index in [4.69, 9.17) is 4.74 Å². The van der Waals surface area contributed by atoms with Gasteiger partial charge in [-0.2, -0.15) is 0 Å². The molecule has 1 aliphatic rings. The van der Waals surface area contributed by atoms with Crippen LogP contribution >= 0.6 is 0 Å². The molecule has 1 fully saturated rings. The lowest BCUT2D eigenvalue weighted by Gasteiger charge is -2.31. The van der Waals surface area contributed by atoms with Crippen LogP contribution < -0.4 is 19.9 Å². The van der Waals surface area contributed by atoms with E-state index in [1.807, 2.05) is 0 Å². The zero-order chi connectivity index (χ0) is 18.4. The van der Waals surface area contributed by atoms with Crippen LogP contribution in [0.4, 0.5) is 4.39 Å². The van der Waals surface area contributed by atoms with Crippen molar-refractivity contribution in [1.82, 2.24) is 5.32 Å². The van der Waals surface area contributed by atoms with Crippen molar-refractivity contribution < 1.29 is 23.7 Å². The first-order chi connectivity index (χ1) is 11.8. The van der Waals surface area contributed by atoms with Gasteiger partial charge >= 0.3 is 0 Å². The predicted octanol–water partition coefficient (Wildman–Crippen LogP) is -0.577. The minimum atomic E-state index is -0.227. The topological polar surface area (TPSA) is 47.2 Å². The summed E-state index contributed by atoms with van der Waals surface area (Å²) in [6.45, 7) is 11.3. The molecule has 0 saturated carbocycles. The zero-order valence-electron chi connectivity index (χ0n) is 15.9. The van der Waals surface area contributed by atoms with Crippen molar-refractivity contribution in [2.24, 2.45) is 0 Å². The molecule has 0 aliphatic carbocycles. The van der Waals surface area contributed by atoms with Gasteiger partial charge in [-0.1, -0.05) is 6.92 Å². The van der Waals surface area contributed by atoms with Gasteiger partial charge in [0, 0.05) is 5.54 Å². The molecule has 0 bridgehead atoms. The summed E-state index contributed by atoms with van der Waals surface area (Å²) >= 11 is 0. The Morgan fingerprint density at radius 3 is 2.48 bits per heavy atom. The van der Waals surface area contributed by atoms with Crippen LogP contribution in [0.1, 0.15) is 32.8 Å². The lowest BCUT2D eigenvalue weighted by molar-refractivity contribution is -1.02. The van der Waals surface area contributed by atoms with Gasteiger partial charge in [-0.05, 0) is 38.5 Å². The number of halogens is 1. The van der Waals surface area contributed by atoms with E-state index in [1.165, 1.54) is 15.9 Å². The van der Waals surface area contributed by atoms with Gasteiger partial charge < -0.3 is 19.9 Å². The number of benzene rings is 1. The molecule has 25 heavy (non-hydrogen) atoms. The lowest BCUT2D eigenvalue weighted by Crippen LogP contribution is -3.28. The minimum Gasteiger partial charge on any atom is -0.496 e. The maximum atomic E-state index is 13.5. The summed E-state index contributed by atoms with van der Waals surface area (Å²) in [6, 6.07) is 4.67. The van der Waals surface area contributed by atoms with Crippen molar-refractivity contribution in [1.29, 1.82) is 0 Å². The van der Waals surface area contributed by atoms with Crippen LogP contribution in [0, 0.1) is 5.82 Å². The third-order valence-corrected chi connectivity index (χ3v) is 5.12. The number of nitrogens with one attached hydrogen (secondary N) is 3. The molecule has 1 aliphatic heterocycles. The van der Waals surface area contributed by atoms with Gasteiger partial charge in [-0.3, -0.25) is 4.79 Å². The van der Waals surface area contributed by atoms with Gasteiger partial charge in [0.15, 0.2) is 6.54 Å². The van der Waals surface area contributed by atoms with Gasteiger partial charge in [0.25, 0.3) is 5.91 Å². The molecule has 2 rings (SSSR count). The first-order valence-electron chi connectivity index (χ1n) is 9.13. The molecule has 1 aromatic carbocycles. The van der Waals surface area contributed by atoms with E-state index in [-0.39, 0.29) is 17.3 Å². The fourth-order valence-corrected chi connectivity index (χ4v) is 3.20. The highest BCUT2D eigenvalue weighted by Gasteiger charge is 2.27. The highest BCUT2D eigenvalue weighted by atomic mass is 19.1. The SMILES string of the molecule is CCC(C)(C)NC(=O)C[NH+]1CC[NH+](Cc2cc(F)ccc2OC)CC1. The van der Waals surface area contributed by atoms with E-state index in [0.29, 0.717) is 6.54 Å². The number of piperazine rings is 1. The summed E-state index contributed by atoms with van der Waals surface area (Å²) in [4.78, 5) is 14.9. The number of hydrogen-bond acceptors (Lipinski definition) is 2. The van der Waals surface area contributed by atoms with Crippen molar-refractivity contribution in [3.63, 3.8) is 0 Å². The van der Waals surface area contributed by atoms with Crippen molar-refractivity contribution >= 4 is 5.91 Å². The second kappa shape index (κ2) is 8.63. The van der Waals surface area contributed by atoms with E-state index in [2.05, 4.69) is 26.1 Å². The first kappa shape index (κ1) is 19.7. The fraction of sp³-hybridized carbons (Fsp3) is 0.632. The van der Waals surface area contributed by atoms with Crippen molar-refractivity contribution in [2.75, 3.05) is 39.8 Å². The van der Waals surface area contributed by atoms with Crippen molar-refractivity contribution in [3.05, 3.63) is 29.6 Å². The molecular formula is C19H32FN3O2+2. The quantitative estimate of drug-likeness (QED) is 0.614. The Hall–Kier alpha value is -1.66. The summed E-state index contributed by atoms with van der Waals surface area (Å²) in [5.41, 5.74) is 0.765. The number of quaternary nitrogens is 2. The molecule has 1 amide bonds. The number of ether oxygens (including phenoxy) is 1. The standard InChI is InChI=1S/C19H30FN3O2/c1-5-19(2,3)21-18(24)14-23-10-8-22(9-11-23)13-15-12-16(20)6-7-17(15)25-4/h6-7,12H,5,8-11,13-14H2,1-4H3,(H,21,24)/p+2. The second-order valence-corrected chi connectivity index (χ2v) is 7.60. The zero-order valence-corrected chi connectivity index (χ0v) is 15.9. The largest absolute Gasteiger partial charge is 0.496 e. The molecule has 5 nitrogen and oxygen atoms in total. The smallest absolute Gasteiger partial charge is 0.275 e. The highest BCUT2D eigenvalue weighted by Crippen LogP contribution is 2.18. The van der Waals surface area contributed by atoms with Gasteiger partial charge in [0.05, 0.1) is 12.7 Å². The maximum Gasteiger partial charge on any atom is 0.275 e. The summed E-state index contributed by atoms with van der Waals surface area (Å²) in [5.74, 6) is 0.636. The summed E-state index contributed by atoms with van der Waals surface area (Å²) in [7, 11) is 1.62. The predicted molar refractivity (Wildman–Crippen MR) is 95.4 cm³/mol. The summed E-state index contributed by atoms with van der Waals surface area (Å²) in [5, 5.41) is 3.10. The van der Waals surface area contributed by atoms with Crippen LogP contribution in [-0.2, 0) is 11.3 Å². The van der Waals surface area contributed by atoms with E-state index in [0.717, 1.165) is 50.5 Å². The fourth-order valence-electron chi connectivity index (χ4n) is 3.20. The first-order valence-corrected chi connectivity index (χ1v) is 9.13. The number of carbonyl (C=O) groups excluding carboxylic acids is 1. The Balaban J connectivity index is 1.82. The van der Waals surface area contributed by atoms with Crippen LogP contribution in [-0.4, -0.2) is 51.3 Å². The monoisotopic (exact) mass is 353 g/mol. The van der Waals surface area contributed by atoms with Gasteiger partial charge in [-0.15, -0.1) is 0 Å². The molecule has 0 aromatic heterocycles. The van der Waals surface area contributed by atoms with Crippen LogP contribution in [0.25, 0.3) is 0 Å². The third kappa shape index (κ3) is 5.97. The Bertz CT molecular complexity index is 584. The van der Waals surface area contributed by atoms with E-state index >= 15 is 0 Å². The second-order valence-electron chi connectivity index (χ2n) is 7.60. The van der Waals surface area contributed by atoms with Gasteiger partial charge in [0.1, 0.15) is 44.3 Å². The maximum absolute atomic E-state index is 13.5. The average Bonchev–Trinajstić information content (AvgIpc) is 2.56. The minimum absolute atomic E-state index is 0.122. The summed E-state index contributed by atoms with van der Waals surface area (Å²) in [6.07, 6.45) is 0.918. The molecule has 0 radical (unpaired) electrons.